The van der Waals surface area contributed by atoms with Crippen molar-refractivity contribution in [3.05, 3.63) is 12.4 Å². The first-order valence-electron chi connectivity index (χ1n) is 7.26. The fourth-order valence-electron chi connectivity index (χ4n) is 2.63. The first-order chi connectivity index (χ1) is 9.51. The monoisotopic (exact) mass is 300 g/mol. The van der Waals surface area contributed by atoms with Crippen molar-refractivity contribution >= 4 is 10.0 Å². The Morgan fingerprint density at radius 2 is 2.20 bits per heavy atom. The molecule has 1 aliphatic carbocycles. The van der Waals surface area contributed by atoms with E-state index in [1.807, 2.05) is 0 Å². The van der Waals surface area contributed by atoms with Crippen molar-refractivity contribution < 1.29 is 8.42 Å². The summed E-state index contributed by atoms with van der Waals surface area (Å²) >= 11 is 0. The SMILES string of the molecule is CC1CCCC(NS(=O)(=O)c2cnn(CCN)c2)CC1. The van der Waals surface area contributed by atoms with Crippen molar-refractivity contribution in [3.63, 3.8) is 0 Å². The maximum absolute atomic E-state index is 12.3. The molecule has 2 atom stereocenters. The highest BCUT2D eigenvalue weighted by Gasteiger charge is 2.23. The summed E-state index contributed by atoms with van der Waals surface area (Å²) < 4.78 is 29.0. The van der Waals surface area contributed by atoms with E-state index in [1.54, 1.807) is 4.68 Å². The van der Waals surface area contributed by atoms with E-state index in [0.717, 1.165) is 25.7 Å². The van der Waals surface area contributed by atoms with Crippen LogP contribution in [-0.4, -0.2) is 30.8 Å². The average Bonchev–Trinajstić information content (AvgIpc) is 2.77. The molecule has 2 rings (SSSR count). The third-order valence-corrected chi connectivity index (χ3v) is 5.33. The Morgan fingerprint density at radius 1 is 1.40 bits per heavy atom. The maximum Gasteiger partial charge on any atom is 0.243 e. The molecule has 1 aromatic rings. The molecule has 0 radical (unpaired) electrons. The smallest absolute Gasteiger partial charge is 0.243 e. The van der Waals surface area contributed by atoms with Crippen LogP contribution in [0.2, 0.25) is 0 Å². The van der Waals surface area contributed by atoms with Gasteiger partial charge in [-0.15, -0.1) is 0 Å². The van der Waals surface area contributed by atoms with Gasteiger partial charge in [0.1, 0.15) is 4.90 Å². The zero-order chi connectivity index (χ0) is 14.6. The van der Waals surface area contributed by atoms with Crippen molar-refractivity contribution in [3.8, 4) is 0 Å². The zero-order valence-corrected chi connectivity index (χ0v) is 12.8. The Hall–Kier alpha value is -0.920. The lowest BCUT2D eigenvalue weighted by Gasteiger charge is -2.15. The van der Waals surface area contributed by atoms with Gasteiger partial charge in [0, 0.05) is 18.8 Å². The standard InChI is InChI=1S/C13H24N4O2S/c1-11-3-2-4-12(6-5-11)16-20(18,19)13-9-15-17(10-13)8-7-14/h9-12,16H,2-8,14H2,1H3. The first kappa shape index (κ1) is 15.5. The Bertz CT molecular complexity index is 526. The van der Waals surface area contributed by atoms with Gasteiger partial charge in [-0.05, 0) is 25.2 Å². The van der Waals surface area contributed by atoms with E-state index in [1.165, 1.54) is 18.8 Å². The molecule has 114 valence electrons. The quantitative estimate of drug-likeness (QED) is 0.796. The molecule has 2 unspecified atom stereocenters. The molecule has 0 saturated heterocycles. The van der Waals surface area contributed by atoms with Crippen LogP contribution >= 0.6 is 0 Å². The van der Waals surface area contributed by atoms with E-state index in [4.69, 9.17) is 5.73 Å². The van der Waals surface area contributed by atoms with E-state index in [9.17, 15) is 8.42 Å². The number of nitrogens with zero attached hydrogens (tertiary/aromatic N) is 2. The van der Waals surface area contributed by atoms with Crippen molar-refractivity contribution in [2.24, 2.45) is 11.7 Å². The lowest BCUT2D eigenvalue weighted by molar-refractivity contribution is 0.484. The van der Waals surface area contributed by atoms with Crippen molar-refractivity contribution in [2.75, 3.05) is 6.54 Å². The van der Waals surface area contributed by atoms with Crippen LogP contribution in [0.1, 0.15) is 39.0 Å². The molecule has 0 aromatic carbocycles. The van der Waals surface area contributed by atoms with Gasteiger partial charge >= 0.3 is 0 Å². The zero-order valence-electron chi connectivity index (χ0n) is 12.0. The third-order valence-electron chi connectivity index (χ3n) is 3.86. The normalized spacial score (nSPS) is 24.5. The molecule has 20 heavy (non-hydrogen) atoms. The highest BCUT2D eigenvalue weighted by molar-refractivity contribution is 7.89. The number of rotatable bonds is 5. The van der Waals surface area contributed by atoms with Crippen molar-refractivity contribution in [1.29, 1.82) is 0 Å². The number of hydrogen-bond acceptors (Lipinski definition) is 4. The predicted octanol–water partition coefficient (Wildman–Crippen LogP) is 1.09. The highest BCUT2D eigenvalue weighted by atomic mass is 32.2. The number of aromatic nitrogens is 2. The molecule has 1 heterocycles. The minimum Gasteiger partial charge on any atom is -0.329 e. The molecule has 7 heteroatoms. The van der Waals surface area contributed by atoms with E-state index >= 15 is 0 Å². The average molecular weight is 300 g/mol. The van der Waals surface area contributed by atoms with Crippen LogP contribution in [0.15, 0.2) is 17.3 Å². The van der Waals surface area contributed by atoms with Gasteiger partial charge < -0.3 is 5.73 Å². The van der Waals surface area contributed by atoms with Crippen LogP contribution in [0.4, 0.5) is 0 Å². The van der Waals surface area contributed by atoms with E-state index in [2.05, 4.69) is 16.7 Å². The second kappa shape index (κ2) is 6.69. The summed E-state index contributed by atoms with van der Waals surface area (Å²) in [6.07, 6.45) is 8.11. The number of nitrogens with one attached hydrogen (secondary N) is 1. The lowest BCUT2D eigenvalue weighted by Crippen LogP contribution is -2.34. The second-order valence-electron chi connectivity index (χ2n) is 5.66. The topological polar surface area (TPSA) is 90.0 Å². The summed E-state index contributed by atoms with van der Waals surface area (Å²) in [5.41, 5.74) is 5.43. The van der Waals surface area contributed by atoms with Gasteiger partial charge in [0.2, 0.25) is 10.0 Å². The van der Waals surface area contributed by atoms with E-state index < -0.39 is 10.0 Å². The van der Waals surface area contributed by atoms with Crippen LogP contribution in [0, 0.1) is 5.92 Å². The number of nitrogens with two attached hydrogens (primary N) is 1. The van der Waals surface area contributed by atoms with Crippen LogP contribution in [0.5, 0.6) is 0 Å². The minimum atomic E-state index is -3.47. The molecule has 0 aliphatic heterocycles. The van der Waals surface area contributed by atoms with Crippen molar-refractivity contribution in [2.45, 2.75) is 56.5 Å². The fourth-order valence-corrected chi connectivity index (χ4v) is 3.89. The molecule has 0 spiro atoms. The molecule has 1 saturated carbocycles. The maximum atomic E-state index is 12.3. The van der Waals surface area contributed by atoms with E-state index in [-0.39, 0.29) is 10.9 Å². The van der Waals surface area contributed by atoms with Crippen LogP contribution in [0.3, 0.4) is 0 Å². The van der Waals surface area contributed by atoms with Crippen LogP contribution < -0.4 is 10.5 Å². The lowest BCUT2D eigenvalue weighted by atomic mass is 10.0. The molecule has 1 aromatic heterocycles. The van der Waals surface area contributed by atoms with Gasteiger partial charge in [-0.1, -0.05) is 19.8 Å². The van der Waals surface area contributed by atoms with Crippen molar-refractivity contribution in [1.82, 2.24) is 14.5 Å². The molecule has 1 aliphatic rings. The highest BCUT2D eigenvalue weighted by Crippen LogP contribution is 2.23. The minimum absolute atomic E-state index is 0.0443. The summed E-state index contributed by atoms with van der Waals surface area (Å²) in [5.74, 6) is 0.691. The Morgan fingerprint density at radius 3 is 2.95 bits per heavy atom. The van der Waals surface area contributed by atoms with Gasteiger partial charge in [0.05, 0.1) is 12.7 Å². The van der Waals surface area contributed by atoms with Crippen LogP contribution in [-0.2, 0) is 16.6 Å². The summed E-state index contributed by atoms with van der Waals surface area (Å²) in [7, 11) is -3.47. The Labute approximate surface area is 120 Å². The van der Waals surface area contributed by atoms with Crippen LogP contribution in [0.25, 0.3) is 0 Å². The largest absolute Gasteiger partial charge is 0.329 e. The number of hydrogen-bond donors (Lipinski definition) is 2. The second-order valence-corrected chi connectivity index (χ2v) is 7.37. The summed E-state index contributed by atoms with van der Waals surface area (Å²) in [6, 6.07) is 0.0443. The molecular weight excluding hydrogens is 276 g/mol. The Kier molecular flexibility index (Phi) is 5.17. The van der Waals surface area contributed by atoms with Gasteiger partial charge in [0.15, 0.2) is 0 Å². The van der Waals surface area contributed by atoms with E-state index in [0.29, 0.717) is 19.0 Å². The molecular formula is C13H24N4O2S. The third kappa shape index (κ3) is 4.04. The summed E-state index contributed by atoms with van der Waals surface area (Å²) in [5, 5.41) is 4.01. The molecule has 3 N–H and O–H groups in total. The molecule has 0 bridgehead atoms. The fraction of sp³-hybridized carbons (Fsp3) is 0.769. The van der Waals surface area contributed by atoms with Gasteiger partial charge in [0.25, 0.3) is 0 Å². The van der Waals surface area contributed by atoms with Gasteiger partial charge in [-0.2, -0.15) is 5.10 Å². The first-order valence-corrected chi connectivity index (χ1v) is 8.74. The number of sulfonamides is 1. The Balaban J connectivity index is 2.02. The molecule has 6 nitrogen and oxygen atoms in total. The summed E-state index contributed by atoms with van der Waals surface area (Å²) in [4.78, 5) is 0.225. The molecule has 0 amide bonds. The summed E-state index contributed by atoms with van der Waals surface area (Å²) in [6.45, 7) is 3.19. The predicted molar refractivity (Wildman–Crippen MR) is 77.6 cm³/mol. The van der Waals surface area contributed by atoms with Gasteiger partial charge in [-0.25, -0.2) is 13.1 Å². The molecule has 1 fully saturated rings. The van der Waals surface area contributed by atoms with Gasteiger partial charge in [-0.3, -0.25) is 4.68 Å².